The zero-order chi connectivity index (χ0) is 18.8. The van der Waals surface area contributed by atoms with Gasteiger partial charge in [0.1, 0.15) is 11.8 Å². The standard InChI is InChI=1S/C21H29N3O2/c1-13(2)20(24-15(4)11-14(3)23-24)21(25)22-16(5)17-8-9-19-18(12-17)7-6-10-26-19/h8-9,11-13,16,20H,6-7,10H2,1-5H3,(H,22,25)/t16-,20-/m1/s1. The molecule has 0 bridgehead atoms. The van der Waals surface area contributed by atoms with Gasteiger partial charge in [0.2, 0.25) is 5.91 Å². The Bertz CT molecular complexity index is 795. The number of hydrogen-bond acceptors (Lipinski definition) is 3. The number of nitrogens with zero attached hydrogens (tertiary/aromatic N) is 2. The monoisotopic (exact) mass is 355 g/mol. The lowest BCUT2D eigenvalue weighted by molar-refractivity contribution is -0.126. The van der Waals surface area contributed by atoms with Crippen LogP contribution in [0.3, 0.4) is 0 Å². The fraction of sp³-hybridized carbons (Fsp3) is 0.524. The van der Waals surface area contributed by atoms with E-state index in [1.165, 1.54) is 5.56 Å². The van der Waals surface area contributed by atoms with E-state index in [-0.39, 0.29) is 23.9 Å². The first kappa shape index (κ1) is 18.5. The van der Waals surface area contributed by atoms with Crippen molar-refractivity contribution in [1.82, 2.24) is 15.1 Å². The molecule has 0 unspecified atom stereocenters. The molecule has 26 heavy (non-hydrogen) atoms. The number of amides is 1. The van der Waals surface area contributed by atoms with Crippen LogP contribution in [0, 0.1) is 19.8 Å². The molecule has 1 N–H and O–H groups in total. The highest BCUT2D eigenvalue weighted by molar-refractivity contribution is 5.81. The summed E-state index contributed by atoms with van der Waals surface area (Å²) in [7, 11) is 0. The Morgan fingerprint density at radius 2 is 2.00 bits per heavy atom. The van der Waals surface area contributed by atoms with Crippen molar-refractivity contribution in [2.24, 2.45) is 5.92 Å². The van der Waals surface area contributed by atoms with Gasteiger partial charge in [0, 0.05) is 5.69 Å². The number of ether oxygens (including phenoxy) is 1. The largest absolute Gasteiger partial charge is 0.493 e. The normalized spacial score (nSPS) is 15.9. The smallest absolute Gasteiger partial charge is 0.245 e. The SMILES string of the molecule is Cc1cc(C)n([C@@H](C(=O)N[C@H](C)c2ccc3c(c2)CCCO3)C(C)C)n1. The molecule has 3 rings (SSSR count). The lowest BCUT2D eigenvalue weighted by Gasteiger charge is -2.25. The second kappa shape index (κ2) is 7.52. The van der Waals surface area contributed by atoms with Crippen LogP contribution in [0.4, 0.5) is 0 Å². The summed E-state index contributed by atoms with van der Waals surface area (Å²) in [6.07, 6.45) is 2.08. The topological polar surface area (TPSA) is 56.2 Å². The summed E-state index contributed by atoms with van der Waals surface area (Å²) in [5, 5.41) is 7.71. The first-order chi connectivity index (χ1) is 12.4. The maximum Gasteiger partial charge on any atom is 0.245 e. The molecule has 140 valence electrons. The van der Waals surface area contributed by atoms with Crippen LogP contribution >= 0.6 is 0 Å². The molecular weight excluding hydrogens is 326 g/mol. The molecule has 0 spiro atoms. The Balaban J connectivity index is 1.78. The molecule has 2 heterocycles. The molecule has 2 aromatic rings. The average Bonchev–Trinajstić information content (AvgIpc) is 2.92. The fourth-order valence-corrected chi connectivity index (χ4v) is 3.66. The minimum absolute atomic E-state index is 0.00710. The second-order valence-corrected chi connectivity index (χ2v) is 7.61. The summed E-state index contributed by atoms with van der Waals surface area (Å²) < 4.78 is 7.53. The molecule has 1 aromatic heterocycles. The number of fused-ring (bicyclic) bond motifs is 1. The summed E-state index contributed by atoms with van der Waals surface area (Å²) in [6.45, 7) is 10.9. The highest BCUT2D eigenvalue weighted by Crippen LogP contribution is 2.28. The van der Waals surface area contributed by atoms with Crippen molar-refractivity contribution in [2.45, 2.75) is 59.5 Å². The summed E-state index contributed by atoms with van der Waals surface area (Å²) in [6, 6.07) is 7.86. The molecule has 5 nitrogen and oxygen atoms in total. The molecule has 5 heteroatoms. The molecule has 2 atom stereocenters. The van der Waals surface area contributed by atoms with Gasteiger partial charge in [-0.2, -0.15) is 5.10 Å². The van der Waals surface area contributed by atoms with Gasteiger partial charge in [-0.25, -0.2) is 0 Å². The molecule has 0 saturated heterocycles. The third-order valence-electron chi connectivity index (χ3n) is 5.00. The maximum absolute atomic E-state index is 13.0. The molecule has 1 aromatic carbocycles. The summed E-state index contributed by atoms with van der Waals surface area (Å²) in [5.74, 6) is 1.13. The van der Waals surface area contributed by atoms with Crippen molar-refractivity contribution < 1.29 is 9.53 Å². The second-order valence-electron chi connectivity index (χ2n) is 7.61. The maximum atomic E-state index is 13.0. The predicted molar refractivity (Wildman–Crippen MR) is 102 cm³/mol. The molecule has 1 aliphatic heterocycles. The molecule has 0 saturated carbocycles. The van der Waals surface area contributed by atoms with E-state index >= 15 is 0 Å². The third kappa shape index (κ3) is 3.76. The summed E-state index contributed by atoms with van der Waals surface area (Å²) >= 11 is 0. The first-order valence-corrected chi connectivity index (χ1v) is 9.45. The number of rotatable bonds is 5. The number of aromatic nitrogens is 2. The van der Waals surface area contributed by atoms with Crippen molar-refractivity contribution in [3.8, 4) is 5.75 Å². The van der Waals surface area contributed by atoms with Crippen LogP contribution in [0.5, 0.6) is 5.75 Å². The zero-order valence-corrected chi connectivity index (χ0v) is 16.4. The van der Waals surface area contributed by atoms with E-state index in [9.17, 15) is 4.79 Å². The highest BCUT2D eigenvalue weighted by Gasteiger charge is 2.27. The minimum atomic E-state index is -0.313. The van der Waals surface area contributed by atoms with Crippen molar-refractivity contribution in [2.75, 3.05) is 6.61 Å². The van der Waals surface area contributed by atoms with E-state index in [0.717, 1.165) is 42.1 Å². The van der Waals surface area contributed by atoms with E-state index < -0.39 is 0 Å². The lowest BCUT2D eigenvalue weighted by atomic mass is 9.99. The minimum Gasteiger partial charge on any atom is -0.493 e. The third-order valence-corrected chi connectivity index (χ3v) is 5.00. The fourth-order valence-electron chi connectivity index (χ4n) is 3.66. The van der Waals surface area contributed by atoms with Gasteiger partial charge in [0.05, 0.1) is 18.3 Å². The van der Waals surface area contributed by atoms with Crippen LogP contribution < -0.4 is 10.1 Å². The average molecular weight is 355 g/mol. The van der Waals surface area contributed by atoms with E-state index in [2.05, 4.69) is 30.3 Å². The molecule has 1 amide bonds. The van der Waals surface area contributed by atoms with Crippen LogP contribution in [0.15, 0.2) is 24.3 Å². The molecule has 0 fully saturated rings. The van der Waals surface area contributed by atoms with Gasteiger partial charge in [0.25, 0.3) is 0 Å². The number of aryl methyl sites for hydroxylation is 3. The molecular formula is C21H29N3O2. The van der Waals surface area contributed by atoms with Gasteiger partial charge >= 0.3 is 0 Å². The zero-order valence-electron chi connectivity index (χ0n) is 16.4. The van der Waals surface area contributed by atoms with E-state index in [0.29, 0.717) is 0 Å². The number of nitrogens with one attached hydrogen (secondary N) is 1. The molecule has 0 radical (unpaired) electrons. The van der Waals surface area contributed by atoms with Gasteiger partial charge in [0.15, 0.2) is 0 Å². The first-order valence-electron chi connectivity index (χ1n) is 9.45. The van der Waals surface area contributed by atoms with Crippen LogP contribution in [0.1, 0.15) is 61.8 Å². The van der Waals surface area contributed by atoms with Crippen molar-refractivity contribution in [1.29, 1.82) is 0 Å². The van der Waals surface area contributed by atoms with Gasteiger partial charge in [-0.3, -0.25) is 9.48 Å². The van der Waals surface area contributed by atoms with Crippen LogP contribution in [-0.4, -0.2) is 22.3 Å². The number of carbonyl (C=O) groups excluding carboxylic acids is 1. The van der Waals surface area contributed by atoms with Crippen LogP contribution in [-0.2, 0) is 11.2 Å². The van der Waals surface area contributed by atoms with Gasteiger partial charge < -0.3 is 10.1 Å². The summed E-state index contributed by atoms with van der Waals surface area (Å²) in [4.78, 5) is 13.0. The van der Waals surface area contributed by atoms with Crippen LogP contribution in [0.2, 0.25) is 0 Å². The van der Waals surface area contributed by atoms with E-state index in [1.807, 2.05) is 43.7 Å². The van der Waals surface area contributed by atoms with Crippen molar-refractivity contribution >= 4 is 5.91 Å². The lowest BCUT2D eigenvalue weighted by Crippen LogP contribution is -2.37. The summed E-state index contributed by atoms with van der Waals surface area (Å²) in [5.41, 5.74) is 4.28. The molecule has 0 aliphatic carbocycles. The Morgan fingerprint density at radius 1 is 1.23 bits per heavy atom. The van der Waals surface area contributed by atoms with Crippen molar-refractivity contribution in [3.63, 3.8) is 0 Å². The predicted octanol–water partition coefficient (Wildman–Crippen LogP) is 3.90. The van der Waals surface area contributed by atoms with Crippen LogP contribution in [0.25, 0.3) is 0 Å². The van der Waals surface area contributed by atoms with Crippen molar-refractivity contribution in [3.05, 3.63) is 46.8 Å². The Kier molecular flexibility index (Phi) is 5.35. The highest BCUT2D eigenvalue weighted by atomic mass is 16.5. The number of carbonyl (C=O) groups is 1. The van der Waals surface area contributed by atoms with Gasteiger partial charge in [-0.15, -0.1) is 0 Å². The van der Waals surface area contributed by atoms with Gasteiger partial charge in [-0.05, 0) is 62.8 Å². The van der Waals surface area contributed by atoms with E-state index in [1.54, 1.807) is 0 Å². The number of benzene rings is 1. The number of hydrogen-bond donors (Lipinski definition) is 1. The molecule has 1 aliphatic rings. The quantitative estimate of drug-likeness (QED) is 0.885. The van der Waals surface area contributed by atoms with Gasteiger partial charge in [-0.1, -0.05) is 26.0 Å². The Morgan fingerprint density at radius 3 is 2.65 bits per heavy atom. The Labute approximate surface area is 155 Å². The van der Waals surface area contributed by atoms with E-state index in [4.69, 9.17) is 4.74 Å². The Hall–Kier alpha value is -2.30.